The minimum Gasteiger partial charge on any atom is -0.378 e. The second-order valence-corrected chi connectivity index (χ2v) is 6.41. The fraction of sp³-hybridized carbons (Fsp3) is 1.00. The first-order valence-electron chi connectivity index (χ1n) is 6.67. The quantitative estimate of drug-likeness (QED) is 0.765. The van der Waals surface area contributed by atoms with Crippen molar-refractivity contribution in [1.29, 1.82) is 0 Å². The van der Waals surface area contributed by atoms with Crippen LogP contribution in [0.2, 0.25) is 0 Å². The number of nitrogens with two attached hydrogens (primary N) is 1. The molecule has 2 N–H and O–H groups in total. The van der Waals surface area contributed by atoms with E-state index in [1.807, 2.05) is 0 Å². The summed E-state index contributed by atoms with van der Waals surface area (Å²) in [5.74, 6) is 0. The van der Waals surface area contributed by atoms with Gasteiger partial charge in [-0.3, -0.25) is 4.90 Å². The predicted molar refractivity (Wildman–Crippen MR) is 70.1 cm³/mol. The van der Waals surface area contributed by atoms with E-state index in [2.05, 4.69) is 37.6 Å². The van der Waals surface area contributed by atoms with Gasteiger partial charge < -0.3 is 15.4 Å². The summed E-state index contributed by atoms with van der Waals surface area (Å²) < 4.78 is 5.62. The van der Waals surface area contributed by atoms with Gasteiger partial charge in [0.25, 0.3) is 0 Å². The van der Waals surface area contributed by atoms with E-state index < -0.39 is 0 Å². The summed E-state index contributed by atoms with van der Waals surface area (Å²) in [6.45, 7) is 11.3. The fourth-order valence-electron chi connectivity index (χ4n) is 3.58. The van der Waals surface area contributed by atoms with E-state index >= 15 is 0 Å². The van der Waals surface area contributed by atoms with Crippen molar-refractivity contribution in [3.8, 4) is 0 Å². The minimum absolute atomic E-state index is 0.0997. The predicted octanol–water partition coefficient (Wildman–Crippen LogP) is 0.519. The second-order valence-electron chi connectivity index (χ2n) is 6.41. The van der Waals surface area contributed by atoms with Crippen molar-refractivity contribution in [2.24, 2.45) is 5.73 Å². The van der Waals surface area contributed by atoms with Gasteiger partial charge in [0.2, 0.25) is 0 Å². The van der Waals surface area contributed by atoms with E-state index in [-0.39, 0.29) is 11.1 Å². The van der Waals surface area contributed by atoms with E-state index in [1.54, 1.807) is 0 Å². The molecule has 0 aromatic rings. The maximum absolute atomic E-state index is 6.14. The third-order valence-electron chi connectivity index (χ3n) is 4.57. The first-order valence-corrected chi connectivity index (χ1v) is 6.67. The molecule has 0 aromatic heterocycles. The molecule has 0 spiro atoms. The van der Waals surface area contributed by atoms with E-state index in [0.717, 1.165) is 32.8 Å². The number of nitrogens with zero attached hydrogens (tertiary/aromatic N) is 2. The molecule has 2 heterocycles. The highest BCUT2D eigenvalue weighted by Gasteiger charge is 2.49. The van der Waals surface area contributed by atoms with E-state index in [9.17, 15) is 0 Å². The molecule has 2 fully saturated rings. The lowest BCUT2D eigenvalue weighted by atomic mass is 9.87. The van der Waals surface area contributed by atoms with Crippen molar-refractivity contribution < 1.29 is 4.74 Å². The van der Waals surface area contributed by atoms with Crippen LogP contribution in [0.5, 0.6) is 0 Å². The van der Waals surface area contributed by atoms with Crippen LogP contribution in [-0.4, -0.2) is 66.8 Å². The third kappa shape index (κ3) is 2.24. The number of likely N-dealkylation sites (tertiary alicyclic amines) is 1. The van der Waals surface area contributed by atoms with Crippen LogP contribution in [0.4, 0.5) is 0 Å². The zero-order chi connectivity index (χ0) is 12.7. The van der Waals surface area contributed by atoms with Crippen LogP contribution >= 0.6 is 0 Å². The van der Waals surface area contributed by atoms with Crippen LogP contribution < -0.4 is 5.73 Å². The van der Waals surface area contributed by atoms with Crippen molar-refractivity contribution in [2.45, 2.75) is 44.3 Å². The molecule has 4 heteroatoms. The summed E-state index contributed by atoms with van der Waals surface area (Å²) in [6, 6.07) is 0.622. The van der Waals surface area contributed by atoms with Crippen molar-refractivity contribution in [1.82, 2.24) is 9.80 Å². The Morgan fingerprint density at radius 3 is 2.59 bits per heavy atom. The van der Waals surface area contributed by atoms with Gasteiger partial charge in [0, 0.05) is 36.8 Å². The van der Waals surface area contributed by atoms with Crippen LogP contribution in [0.15, 0.2) is 0 Å². The number of hydrogen-bond acceptors (Lipinski definition) is 4. The van der Waals surface area contributed by atoms with Crippen molar-refractivity contribution in [3.05, 3.63) is 0 Å². The van der Waals surface area contributed by atoms with E-state index in [0.29, 0.717) is 6.04 Å². The molecule has 0 bridgehead atoms. The van der Waals surface area contributed by atoms with Crippen LogP contribution in [0.1, 0.15) is 27.2 Å². The van der Waals surface area contributed by atoms with E-state index in [4.69, 9.17) is 10.5 Å². The zero-order valence-corrected chi connectivity index (χ0v) is 11.7. The summed E-state index contributed by atoms with van der Waals surface area (Å²) in [6.07, 6.45) is 1.17. The molecule has 17 heavy (non-hydrogen) atoms. The van der Waals surface area contributed by atoms with E-state index in [1.165, 1.54) is 6.42 Å². The zero-order valence-electron chi connectivity index (χ0n) is 11.7. The lowest BCUT2D eigenvalue weighted by Gasteiger charge is -2.52. The first-order chi connectivity index (χ1) is 7.91. The molecule has 100 valence electrons. The number of hydrogen-bond donors (Lipinski definition) is 1. The molecule has 2 unspecified atom stereocenters. The number of likely N-dealkylation sites (N-methyl/N-ethyl adjacent to an activating group) is 1. The Morgan fingerprint density at radius 2 is 2.12 bits per heavy atom. The topological polar surface area (TPSA) is 41.7 Å². The minimum atomic E-state index is 0.0997. The monoisotopic (exact) mass is 241 g/mol. The van der Waals surface area contributed by atoms with Crippen LogP contribution in [0.25, 0.3) is 0 Å². The highest BCUT2D eigenvalue weighted by Crippen LogP contribution is 2.36. The Morgan fingerprint density at radius 1 is 1.41 bits per heavy atom. The maximum Gasteiger partial charge on any atom is 0.0645 e. The number of rotatable bonds is 2. The van der Waals surface area contributed by atoms with Crippen molar-refractivity contribution in [3.63, 3.8) is 0 Å². The van der Waals surface area contributed by atoms with Gasteiger partial charge in [-0.2, -0.15) is 0 Å². The van der Waals surface area contributed by atoms with Crippen molar-refractivity contribution >= 4 is 0 Å². The number of ether oxygens (including phenoxy) is 1. The Kier molecular flexibility index (Phi) is 3.51. The normalized spacial score (nSPS) is 39.7. The summed E-state index contributed by atoms with van der Waals surface area (Å²) in [7, 11) is 2.20. The molecular formula is C13H27N3O. The largest absolute Gasteiger partial charge is 0.378 e. The average Bonchev–Trinajstić information content (AvgIpc) is 2.55. The van der Waals surface area contributed by atoms with Gasteiger partial charge in [-0.15, -0.1) is 0 Å². The Hall–Kier alpha value is -0.160. The molecule has 0 amide bonds. The lowest BCUT2D eigenvalue weighted by molar-refractivity contribution is -0.100. The Balaban J connectivity index is 2.23. The molecule has 4 nitrogen and oxygen atoms in total. The van der Waals surface area contributed by atoms with Gasteiger partial charge in [0.05, 0.1) is 13.2 Å². The van der Waals surface area contributed by atoms with Gasteiger partial charge in [0.15, 0.2) is 0 Å². The molecule has 0 aliphatic carbocycles. The van der Waals surface area contributed by atoms with Gasteiger partial charge in [-0.05, 0) is 34.2 Å². The summed E-state index contributed by atoms with van der Waals surface area (Å²) in [5, 5.41) is 0. The van der Waals surface area contributed by atoms with Crippen LogP contribution in [-0.2, 0) is 4.74 Å². The molecule has 0 saturated carbocycles. The highest BCUT2D eigenvalue weighted by atomic mass is 16.5. The smallest absolute Gasteiger partial charge is 0.0645 e. The molecule has 2 rings (SSSR count). The summed E-state index contributed by atoms with van der Waals surface area (Å²) in [5.41, 5.74) is 6.38. The third-order valence-corrected chi connectivity index (χ3v) is 4.57. The SMILES string of the molecule is CC1CC(CN)(N2CCOCC2(C)C)CN1C. The molecule has 0 radical (unpaired) electrons. The molecular weight excluding hydrogens is 214 g/mol. The van der Waals surface area contributed by atoms with Crippen LogP contribution in [0.3, 0.4) is 0 Å². The lowest BCUT2D eigenvalue weighted by Crippen LogP contribution is -2.66. The fourth-order valence-corrected chi connectivity index (χ4v) is 3.58. The molecule has 2 atom stereocenters. The molecule has 2 aliphatic rings. The maximum atomic E-state index is 6.14. The summed E-state index contributed by atoms with van der Waals surface area (Å²) in [4.78, 5) is 5.03. The van der Waals surface area contributed by atoms with Crippen molar-refractivity contribution in [2.75, 3.05) is 39.9 Å². The standard InChI is InChI=1S/C13H27N3O/c1-11-7-13(8-14,9-15(11)4)16-5-6-17-10-12(16,2)3/h11H,5-10,14H2,1-4H3. The number of morpholine rings is 1. The molecule has 0 aromatic carbocycles. The van der Waals surface area contributed by atoms with Crippen LogP contribution in [0, 0.1) is 0 Å². The van der Waals surface area contributed by atoms with Gasteiger partial charge in [-0.1, -0.05) is 0 Å². The Labute approximate surface area is 105 Å². The second kappa shape index (κ2) is 4.50. The van der Waals surface area contributed by atoms with Gasteiger partial charge in [-0.25, -0.2) is 0 Å². The molecule has 2 saturated heterocycles. The summed E-state index contributed by atoms with van der Waals surface area (Å²) >= 11 is 0. The Bertz CT molecular complexity index is 270. The first kappa shape index (κ1) is 13.3. The molecule has 2 aliphatic heterocycles. The van der Waals surface area contributed by atoms with Gasteiger partial charge >= 0.3 is 0 Å². The highest BCUT2D eigenvalue weighted by molar-refractivity contribution is 5.07. The van der Waals surface area contributed by atoms with Gasteiger partial charge in [0.1, 0.15) is 0 Å². The average molecular weight is 241 g/mol.